The van der Waals surface area contributed by atoms with Crippen LogP contribution in [-0.2, 0) is 6.54 Å². The third kappa shape index (κ3) is 3.44. The number of aromatic hydroxyl groups is 1. The van der Waals surface area contributed by atoms with Gasteiger partial charge in [-0.3, -0.25) is 9.69 Å². The number of nitrogens with zero attached hydrogens (tertiary/aromatic N) is 1. The average Bonchev–Trinajstić information content (AvgIpc) is 2.92. The summed E-state index contributed by atoms with van der Waals surface area (Å²) >= 11 is 0. The van der Waals surface area contributed by atoms with E-state index < -0.39 is 0 Å². The number of phenolic OH excluding ortho intramolecular Hbond substituents is 1. The Morgan fingerprint density at radius 2 is 1.76 bits per heavy atom. The number of rotatable bonds is 5. The molecule has 0 radical (unpaired) electrons. The quantitative estimate of drug-likeness (QED) is 0.833. The topological polar surface area (TPSA) is 49.8 Å². The highest BCUT2D eigenvalue weighted by atomic mass is 16.5. The van der Waals surface area contributed by atoms with Crippen LogP contribution in [0.15, 0.2) is 42.2 Å². The molecule has 2 aromatic rings. The predicted molar refractivity (Wildman–Crippen MR) is 98.8 cm³/mol. The van der Waals surface area contributed by atoms with Crippen molar-refractivity contribution in [3.63, 3.8) is 0 Å². The summed E-state index contributed by atoms with van der Waals surface area (Å²) in [6.07, 6.45) is 1.75. The summed E-state index contributed by atoms with van der Waals surface area (Å²) in [5, 5.41) is 10.3. The van der Waals surface area contributed by atoms with Crippen LogP contribution in [0, 0.1) is 6.92 Å². The molecule has 0 saturated heterocycles. The van der Waals surface area contributed by atoms with Crippen LogP contribution in [0.1, 0.15) is 40.9 Å². The fourth-order valence-electron chi connectivity index (χ4n) is 2.93. The van der Waals surface area contributed by atoms with Gasteiger partial charge in [0.1, 0.15) is 11.5 Å². The first-order valence-corrected chi connectivity index (χ1v) is 8.61. The molecule has 25 heavy (non-hydrogen) atoms. The molecule has 1 heterocycles. The lowest BCUT2D eigenvalue weighted by molar-refractivity contribution is 0.101. The van der Waals surface area contributed by atoms with Crippen molar-refractivity contribution >= 4 is 11.9 Å². The standard InChI is InChI=1S/C21H23NO3/c1-4-22(5-2)13-17-18(23)11-10-16-20(24)19(25-21(16)17)12-15-8-6-14(3)7-9-15/h6-12,23H,4-5,13H2,1-3H3/b19-12+. The van der Waals surface area contributed by atoms with Crippen LogP contribution in [0.4, 0.5) is 0 Å². The fraction of sp³-hybridized carbons (Fsp3) is 0.286. The number of carbonyl (C=O) groups excluding carboxylic acids is 1. The van der Waals surface area contributed by atoms with E-state index in [0.717, 1.165) is 24.2 Å². The molecule has 0 fully saturated rings. The molecule has 4 heteroatoms. The third-order valence-electron chi connectivity index (χ3n) is 4.57. The monoisotopic (exact) mass is 337 g/mol. The number of phenols is 1. The molecule has 2 aromatic carbocycles. The molecule has 1 aliphatic rings. The molecule has 0 saturated carbocycles. The summed E-state index contributed by atoms with van der Waals surface area (Å²) in [5.74, 6) is 0.798. The number of aryl methyl sites for hydroxylation is 1. The summed E-state index contributed by atoms with van der Waals surface area (Å²) in [6, 6.07) is 11.1. The Kier molecular flexibility index (Phi) is 4.91. The fourth-order valence-corrected chi connectivity index (χ4v) is 2.93. The summed E-state index contributed by atoms with van der Waals surface area (Å²) in [5.41, 5.74) is 3.26. The first-order chi connectivity index (χ1) is 12.0. The zero-order chi connectivity index (χ0) is 18.0. The first kappa shape index (κ1) is 17.2. The van der Waals surface area contributed by atoms with Crippen LogP contribution in [0.5, 0.6) is 11.5 Å². The number of allylic oxidation sites excluding steroid dienone is 1. The zero-order valence-electron chi connectivity index (χ0n) is 14.9. The van der Waals surface area contributed by atoms with Gasteiger partial charge in [-0.1, -0.05) is 43.7 Å². The Balaban J connectivity index is 1.96. The van der Waals surface area contributed by atoms with Crippen LogP contribution in [0.3, 0.4) is 0 Å². The highest BCUT2D eigenvalue weighted by Gasteiger charge is 2.31. The summed E-state index contributed by atoms with van der Waals surface area (Å²) in [4.78, 5) is 14.8. The Morgan fingerprint density at radius 3 is 2.40 bits per heavy atom. The normalized spacial score (nSPS) is 14.9. The third-order valence-corrected chi connectivity index (χ3v) is 4.57. The van der Waals surface area contributed by atoms with Gasteiger partial charge in [0.05, 0.1) is 11.1 Å². The van der Waals surface area contributed by atoms with Gasteiger partial charge in [-0.2, -0.15) is 0 Å². The number of hydrogen-bond donors (Lipinski definition) is 1. The Bertz CT molecular complexity index is 818. The molecule has 0 spiro atoms. The van der Waals surface area contributed by atoms with E-state index in [1.807, 2.05) is 31.2 Å². The van der Waals surface area contributed by atoms with E-state index in [9.17, 15) is 9.90 Å². The molecular formula is C21H23NO3. The molecular weight excluding hydrogens is 314 g/mol. The van der Waals surface area contributed by atoms with Gasteiger partial charge in [0.2, 0.25) is 5.78 Å². The SMILES string of the molecule is CCN(CC)Cc1c(O)ccc2c1O/C(=C/c1ccc(C)cc1)C2=O. The molecule has 130 valence electrons. The molecule has 0 bridgehead atoms. The Labute approximate surface area is 148 Å². The van der Waals surface area contributed by atoms with E-state index in [4.69, 9.17) is 4.74 Å². The van der Waals surface area contributed by atoms with Gasteiger partial charge in [0.25, 0.3) is 0 Å². The smallest absolute Gasteiger partial charge is 0.231 e. The Hall–Kier alpha value is -2.59. The van der Waals surface area contributed by atoms with Gasteiger partial charge >= 0.3 is 0 Å². The number of carbonyl (C=O) groups is 1. The lowest BCUT2D eigenvalue weighted by Crippen LogP contribution is -2.22. The minimum absolute atomic E-state index is 0.142. The van der Waals surface area contributed by atoms with E-state index >= 15 is 0 Å². The van der Waals surface area contributed by atoms with E-state index in [-0.39, 0.29) is 11.5 Å². The predicted octanol–water partition coefficient (Wildman–Crippen LogP) is 4.16. The molecule has 0 atom stereocenters. The van der Waals surface area contributed by atoms with Gasteiger partial charge in [-0.05, 0) is 43.8 Å². The maximum atomic E-state index is 12.7. The van der Waals surface area contributed by atoms with Crippen molar-refractivity contribution in [2.75, 3.05) is 13.1 Å². The lowest BCUT2D eigenvalue weighted by atomic mass is 10.0. The summed E-state index contributed by atoms with van der Waals surface area (Å²) in [6.45, 7) is 8.43. The van der Waals surface area contributed by atoms with Gasteiger partial charge in [-0.15, -0.1) is 0 Å². The number of benzene rings is 2. The highest BCUT2D eigenvalue weighted by Crippen LogP contribution is 2.40. The van der Waals surface area contributed by atoms with E-state index in [0.29, 0.717) is 29.2 Å². The second-order valence-corrected chi connectivity index (χ2v) is 6.25. The summed E-state index contributed by atoms with van der Waals surface area (Å²) in [7, 11) is 0. The van der Waals surface area contributed by atoms with Crippen molar-refractivity contribution in [3.8, 4) is 11.5 Å². The minimum atomic E-state index is -0.142. The maximum absolute atomic E-state index is 12.7. The van der Waals surface area contributed by atoms with Gasteiger partial charge in [0, 0.05) is 6.54 Å². The number of ketones is 1. The van der Waals surface area contributed by atoms with Crippen LogP contribution >= 0.6 is 0 Å². The molecule has 1 N–H and O–H groups in total. The molecule has 4 nitrogen and oxygen atoms in total. The molecule has 3 rings (SSSR count). The molecule has 0 amide bonds. The summed E-state index contributed by atoms with van der Waals surface area (Å²) < 4.78 is 5.88. The number of hydrogen-bond acceptors (Lipinski definition) is 4. The number of fused-ring (bicyclic) bond motifs is 1. The van der Waals surface area contributed by atoms with Crippen LogP contribution in [-0.4, -0.2) is 28.9 Å². The number of ether oxygens (including phenoxy) is 1. The van der Waals surface area contributed by atoms with E-state index in [1.165, 1.54) is 0 Å². The number of Topliss-reactive ketones (excluding diaryl/α,β-unsaturated/α-hetero) is 1. The Morgan fingerprint density at radius 1 is 1.08 bits per heavy atom. The van der Waals surface area contributed by atoms with Crippen molar-refractivity contribution in [1.82, 2.24) is 4.90 Å². The molecule has 0 aliphatic carbocycles. The van der Waals surface area contributed by atoms with Crippen molar-refractivity contribution < 1.29 is 14.6 Å². The minimum Gasteiger partial charge on any atom is -0.507 e. The van der Waals surface area contributed by atoms with Gasteiger partial charge in [-0.25, -0.2) is 0 Å². The van der Waals surface area contributed by atoms with Gasteiger partial charge in [0.15, 0.2) is 5.76 Å². The molecule has 0 aromatic heterocycles. The van der Waals surface area contributed by atoms with Gasteiger partial charge < -0.3 is 9.84 Å². The van der Waals surface area contributed by atoms with Crippen LogP contribution in [0.25, 0.3) is 6.08 Å². The molecule has 1 aliphatic heterocycles. The van der Waals surface area contributed by atoms with Crippen molar-refractivity contribution in [2.45, 2.75) is 27.3 Å². The molecule has 0 unspecified atom stereocenters. The van der Waals surface area contributed by atoms with Crippen LogP contribution in [0.2, 0.25) is 0 Å². The first-order valence-electron chi connectivity index (χ1n) is 8.61. The largest absolute Gasteiger partial charge is 0.507 e. The zero-order valence-corrected chi connectivity index (χ0v) is 14.9. The highest BCUT2D eigenvalue weighted by molar-refractivity contribution is 6.15. The van der Waals surface area contributed by atoms with Crippen LogP contribution < -0.4 is 4.74 Å². The maximum Gasteiger partial charge on any atom is 0.231 e. The average molecular weight is 337 g/mol. The van der Waals surface area contributed by atoms with Crippen molar-refractivity contribution in [3.05, 3.63) is 64.4 Å². The second kappa shape index (κ2) is 7.11. The van der Waals surface area contributed by atoms with E-state index in [1.54, 1.807) is 18.2 Å². The van der Waals surface area contributed by atoms with Crippen molar-refractivity contribution in [2.24, 2.45) is 0 Å². The van der Waals surface area contributed by atoms with E-state index in [2.05, 4.69) is 18.7 Å². The lowest BCUT2D eigenvalue weighted by Gasteiger charge is -2.20. The van der Waals surface area contributed by atoms with Crippen molar-refractivity contribution in [1.29, 1.82) is 0 Å². The second-order valence-electron chi connectivity index (χ2n) is 6.25.